The fraction of sp³-hybridized carbons (Fsp3) is 0.286. The van der Waals surface area contributed by atoms with Crippen LogP contribution in [0.25, 0.3) is 0 Å². The minimum absolute atomic E-state index is 0.0705. The van der Waals surface area contributed by atoms with Gasteiger partial charge < -0.3 is 14.4 Å². The Labute approximate surface area is 176 Å². The van der Waals surface area contributed by atoms with E-state index in [-0.39, 0.29) is 31.0 Å². The molecule has 0 atom stereocenters. The van der Waals surface area contributed by atoms with E-state index in [1.165, 1.54) is 31.2 Å². The number of Topliss-reactive ketones (excluding diaryl/α,β-unsaturated/α-hetero) is 1. The maximum atomic E-state index is 13.2. The van der Waals surface area contributed by atoms with Gasteiger partial charge in [0.05, 0.1) is 19.1 Å². The summed E-state index contributed by atoms with van der Waals surface area (Å²) in [6.07, 6.45) is -0.228. The number of rotatable bonds is 9. The number of carbonyl (C=O) groups excluding carboxylic acids is 3. The van der Waals surface area contributed by atoms with Gasteiger partial charge in [0.15, 0.2) is 12.4 Å². The Morgan fingerprint density at radius 3 is 2.55 bits per heavy atom. The van der Waals surface area contributed by atoms with Crippen LogP contribution in [0.3, 0.4) is 0 Å². The van der Waals surface area contributed by atoms with Gasteiger partial charge in [-0.25, -0.2) is 4.39 Å². The molecular formula is C21H21BrFNO5. The number of methoxy groups -OCH3 is 1. The summed E-state index contributed by atoms with van der Waals surface area (Å²) in [5, 5.41) is 0. The van der Waals surface area contributed by atoms with Gasteiger partial charge in [0.25, 0.3) is 5.91 Å². The third kappa shape index (κ3) is 6.98. The second-order valence-electron chi connectivity index (χ2n) is 6.31. The smallest absolute Gasteiger partial charge is 0.306 e. The maximum Gasteiger partial charge on any atom is 0.306 e. The number of likely N-dealkylation sites (N-methyl/N-ethyl adjacent to an activating group) is 1. The lowest BCUT2D eigenvalue weighted by Crippen LogP contribution is -2.30. The number of benzene rings is 2. The average Bonchev–Trinajstić information content (AvgIpc) is 2.70. The van der Waals surface area contributed by atoms with Crippen LogP contribution in [-0.2, 0) is 20.9 Å². The van der Waals surface area contributed by atoms with Crippen molar-refractivity contribution in [2.24, 2.45) is 0 Å². The van der Waals surface area contributed by atoms with Gasteiger partial charge in [-0.15, -0.1) is 0 Å². The summed E-state index contributed by atoms with van der Waals surface area (Å²) in [4.78, 5) is 37.7. The van der Waals surface area contributed by atoms with E-state index in [0.717, 1.165) is 4.47 Å². The molecule has 0 saturated heterocycles. The van der Waals surface area contributed by atoms with E-state index in [0.29, 0.717) is 16.9 Å². The highest BCUT2D eigenvalue weighted by Gasteiger charge is 2.17. The van der Waals surface area contributed by atoms with Crippen molar-refractivity contribution < 1.29 is 28.2 Å². The maximum absolute atomic E-state index is 13.2. The van der Waals surface area contributed by atoms with E-state index in [2.05, 4.69) is 15.9 Å². The Balaban J connectivity index is 1.80. The Bertz CT molecular complexity index is 902. The average molecular weight is 466 g/mol. The highest BCUT2D eigenvalue weighted by molar-refractivity contribution is 9.10. The summed E-state index contributed by atoms with van der Waals surface area (Å²) in [6, 6.07) is 10.9. The van der Waals surface area contributed by atoms with Gasteiger partial charge in [0, 0.05) is 24.5 Å². The molecule has 2 rings (SSSR count). The fourth-order valence-corrected chi connectivity index (χ4v) is 2.93. The Morgan fingerprint density at radius 2 is 1.86 bits per heavy atom. The molecule has 1 amide bonds. The monoisotopic (exact) mass is 465 g/mol. The fourth-order valence-electron chi connectivity index (χ4n) is 2.57. The first kappa shape index (κ1) is 22.5. The van der Waals surface area contributed by atoms with Crippen molar-refractivity contribution >= 4 is 33.6 Å². The molecule has 0 radical (unpaired) electrons. The summed E-state index contributed by atoms with van der Waals surface area (Å²) in [5.41, 5.74) is 0.987. The van der Waals surface area contributed by atoms with Crippen molar-refractivity contribution in [3.05, 3.63) is 63.9 Å². The Hall–Kier alpha value is -2.74. The zero-order valence-electron chi connectivity index (χ0n) is 16.1. The number of esters is 1. The zero-order chi connectivity index (χ0) is 21.4. The summed E-state index contributed by atoms with van der Waals surface area (Å²) in [5.74, 6) is -1.32. The summed E-state index contributed by atoms with van der Waals surface area (Å²) < 4.78 is 24.0. The largest absolute Gasteiger partial charge is 0.496 e. The number of ether oxygens (including phenoxy) is 2. The van der Waals surface area contributed by atoms with Crippen LogP contribution in [0.1, 0.15) is 28.8 Å². The zero-order valence-corrected chi connectivity index (χ0v) is 17.7. The van der Waals surface area contributed by atoms with Gasteiger partial charge in [0.1, 0.15) is 11.6 Å². The molecule has 0 heterocycles. The van der Waals surface area contributed by atoms with Crippen LogP contribution in [0.5, 0.6) is 5.75 Å². The standard InChI is InChI=1S/C21H21BrFNO5/c1-24(12-14-4-3-5-16(23)10-14)20(26)13-29-21(27)9-7-18(25)17-11-15(22)6-8-19(17)28-2/h3-6,8,10-11H,7,9,12-13H2,1-2H3. The van der Waals surface area contributed by atoms with Crippen LogP contribution < -0.4 is 4.74 Å². The van der Waals surface area contributed by atoms with E-state index in [9.17, 15) is 18.8 Å². The van der Waals surface area contributed by atoms with Crippen molar-refractivity contribution in [3.8, 4) is 5.75 Å². The summed E-state index contributed by atoms with van der Waals surface area (Å²) in [6.45, 7) is -0.256. The van der Waals surface area contributed by atoms with E-state index in [4.69, 9.17) is 9.47 Å². The molecule has 29 heavy (non-hydrogen) atoms. The number of amides is 1. The number of carbonyl (C=O) groups is 3. The van der Waals surface area contributed by atoms with Crippen LogP contribution in [0.2, 0.25) is 0 Å². The second kappa shape index (κ2) is 10.7. The normalized spacial score (nSPS) is 10.3. The molecule has 0 aliphatic heterocycles. The molecule has 0 unspecified atom stereocenters. The van der Waals surface area contributed by atoms with E-state index < -0.39 is 18.5 Å². The summed E-state index contributed by atoms with van der Waals surface area (Å²) in [7, 11) is 2.99. The second-order valence-corrected chi connectivity index (χ2v) is 7.22. The lowest BCUT2D eigenvalue weighted by Gasteiger charge is -2.17. The van der Waals surface area contributed by atoms with Gasteiger partial charge in [-0.3, -0.25) is 14.4 Å². The molecule has 0 aromatic heterocycles. The predicted octanol–water partition coefficient (Wildman–Crippen LogP) is 3.76. The first-order chi connectivity index (χ1) is 13.8. The SMILES string of the molecule is COc1ccc(Br)cc1C(=O)CCC(=O)OCC(=O)N(C)Cc1cccc(F)c1. The number of hydrogen-bond acceptors (Lipinski definition) is 5. The topological polar surface area (TPSA) is 72.9 Å². The predicted molar refractivity (Wildman–Crippen MR) is 108 cm³/mol. The molecule has 8 heteroatoms. The van der Waals surface area contributed by atoms with Gasteiger partial charge in [-0.2, -0.15) is 0 Å². The van der Waals surface area contributed by atoms with Crippen molar-refractivity contribution in [3.63, 3.8) is 0 Å². The highest BCUT2D eigenvalue weighted by atomic mass is 79.9. The molecule has 154 valence electrons. The van der Waals surface area contributed by atoms with Gasteiger partial charge in [-0.1, -0.05) is 28.1 Å². The third-order valence-electron chi connectivity index (χ3n) is 4.11. The molecule has 2 aromatic carbocycles. The van der Waals surface area contributed by atoms with E-state index >= 15 is 0 Å². The van der Waals surface area contributed by atoms with Crippen LogP contribution in [0.4, 0.5) is 4.39 Å². The van der Waals surface area contributed by atoms with Crippen molar-refractivity contribution in [2.45, 2.75) is 19.4 Å². The van der Waals surface area contributed by atoms with Gasteiger partial charge >= 0.3 is 5.97 Å². The van der Waals surface area contributed by atoms with Crippen LogP contribution >= 0.6 is 15.9 Å². The molecule has 0 bridgehead atoms. The Kier molecular flexibility index (Phi) is 8.33. The van der Waals surface area contributed by atoms with Crippen molar-refractivity contribution in [1.29, 1.82) is 0 Å². The van der Waals surface area contributed by atoms with E-state index in [1.807, 2.05) is 0 Å². The highest BCUT2D eigenvalue weighted by Crippen LogP contribution is 2.24. The Morgan fingerprint density at radius 1 is 1.10 bits per heavy atom. The lowest BCUT2D eigenvalue weighted by atomic mass is 10.1. The number of hydrogen-bond donors (Lipinski definition) is 0. The molecule has 0 aliphatic rings. The molecule has 6 nitrogen and oxygen atoms in total. The molecule has 0 spiro atoms. The first-order valence-corrected chi connectivity index (χ1v) is 9.60. The number of nitrogens with zero attached hydrogens (tertiary/aromatic N) is 1. The van der Waals surface area contributed by atoms with Gasteiger partial charge in [-0.05, 0) is 35.9 Å². The first-order valence-electron chi connectivity index (χ1n) is 8.81. The lowest BCUT2D eigenvalue weighted by molar-refractivity contribution is -0.151. The minimum Gasteiger partial charge on any atom is -0.496 e. The summed E-state index contributed by atoms with van der Waals surface area (Å²) >= 11 is 3.29. The third-order valence-corrected chi connectivity index (χ3v) is 4.60. The number of ketones is 1. The van der Waals surface area contributed by atoms with Crippen LogP contribution in [0, 0.1) is 5.82 Å². The van der Waals surface area contributed by atoms with Crippen LogP contribution in [-0.4, -0.2) is 43.3 Å². The van der Waals surface area contributed by atoms with Crippen LogP contribution in [0.15, 0.2) is 46.9 Å². The van der Waals surface area contributed by atoms with E-state index in [1.54, 1.807) is 30.3 Å². The minimum atomic E-state index is -0.653. The number of halogens is 2. The molecular weight excluding hydrogens is 445 g/mol. The molecule has 0 N–H and O–H groups in total. The van der Waals surface area contributed by atoms with Crippen molar-refractivity contribution in [2.75, 3.05) is 20.8 Å². The van der Waals surface area contributed by atoms with Crippen molar-refractivity contribution in [1.82, 2.24) is 4.90 Å². The molecule has 0 fully saturated rings. The molecule has 0 saturated carbocycles. The molecule has 0 aliphatic carbocycles. The van der Waals surface area contributed by atoms with Gasteiger partial charge in [0.2, 0.25) is 0 Å². The molecule has 2 aromatic rings. The quantitative estimate of drug-likeness (QED) is 0.416.